The molecule has 0 saturated heterocycles. The van der Waals surface area contributed by atoms with Gasteiger partial charge in [0.2, 0.25) is 0 Å². The van der Waals surface area contributed by atoms with E-state index in [4.69, 9.17) is 0 Å². The van der Waals surface area contributed by atoms with Crippen LogP contribution in [0.2, 0.25) is 0 Å². The maximum atomic E-state index is 11.6. The van der Waals surface area contributed by atoms with Crippen molar-refractivity contribution in [3.63, 3.8) is 0 Å². The number of hydrogen-bond donors (Lipinski definition) is 0. The van der Waals surface area contributed by atoms with Crippen LogP contribution in [0.1, 0.15) is 10.4 Å². The van der Waals surface area contributed by atoms with Crippen molar-refractivity contribution in [3.8, 4) is 0 Å². The molecule has 0 aliphatic heterocycles. The number of carbonyl (C=O) groups excluding carboxylic acids is 1. The zero-order valence-corrected chi connectivity index (χ0v) is 9.21. The fraction of sp³-hybridized carbons (Fsp3) is 0.273. The van der Waals surface area contributed by atoms with E-state index in [9.17, 15) is 4.79 Å². The topological polar surface area (TPSA) is 17.1 Å². The Kier molecular flexibility index (Phi) is 3.11. The van der Waals surface area contributed by atoms with Crippen LogP contribution >= 0.6 is 6.89 Å². The first-order chi connectivity index (χ1) is 5.99. The quantitative estimate of drug-likeness (QED) is 0.522. The highest BCUT2D eigenvalue weighted by Gasteiger charge is 2.03. The van der Waals surface area contributed by atoms with Gasteiger partial charge in [-0.1, -0.05) is 30.3 Å². The van der Waals surface area contributed by atoms with Crippen molar-refractivity contribution in [1.29, 1.82) is 0 Å². The third-order valence-electron chi connectivity index (χ3n) is 1.56. The van der Waals surface area contributed by atoms with Crippen LogP contribution in [-0.2, 0) is 0 Å². The van der Waals surface area contributed by atoms with Crippen molar-refractivity contribution < 1.29 is 4.79 Å². The number of rotatable bonds is 2. The molecule has 2 heteroatoms. The predicted molar refractivity (Wildman–Crippen MR) is 61.5 cm³/mol. The third-order valence-corrected chi connectivity index (χ3v) is 2.57. The van der Waals surface area contributed by atoms with Crippen LogP contribution in [0.5, 0.6) is 0 Å². The summed E-state index contributed by atoms with van der Waals surface area (Å²) in [4.78, 5) is 11.6. The number of Topliss-reactive ketones (excluding diaryl/α,β-unsaturated/α-hetero) is 1. The molecule has 0 N–H and O–H groups in total. The standard InChI is InChI=1S/C11H15OP/c1-13(2,3)9-11(12)10-7-5-4-6-8-10/h4-9H,1-3H3. The predicted octanol–water partition coefficient (Wildman–Crippen LogP) is 2.58. The average molecular weight is 194 g/mol. The Balaban J connectivity index is 2.95. The Morgan fingerprint density at radius 2 is 1.69 bits per heavy atom. The lowest BCUT2D eigenvalue weighted by Crippen LogP contribution is -2.00. The molecule has 1 aromatic rings. The van der Waals surface area contributed by atoms with Gasteiger partial charge in [0.1, 0.15) is 0 Å². The average Bonchev–Trinajstić information content (AvgIpc) is 2.03. The zero-order chi connectivity index (χ0) is 9.90. The molecule has 0 aromatic heterocycles. The summed E-state index contributed by atoms with van der Waals surface area (Å²) >= 11 is 0. The van der Waals surface area contributed by atoms with Crippen LogP contribution in [0.3, 0.4) is 0 Å². The summed E-state index contributed by atoms with van der Waals surface area (Å²) in [6.07, 6.45) is 0. The highest BCUT2D eigenvalue weighted by atomic mass is 31.2. The number of ketones is 1. The largest absolute Gasteiger partial charge is 0.289 e. The normalized spacial score (nSPS) is 11.0. The van der Waals surface area contributed by atoms with Crippen LogP contribution in [0.4, 0.5) is 0 Å². The molecule has 0 saturated carbocycles. The summed E-state index contributed by atoms with van der Waals surface area (Å²) in [5, 5.41) is 0. The SMILES string of the molecule is CP(C)(C)=CC(=O)c1ccccc1. The highest BCUT2D eigenvalue weighted by molar-refractivity contribution is 7.74. The Labute approximate surface area is 79.8 Å². The van der Waals surface area contributed by atoms with E-state index in [1.807, 2.05) is 36.1 Å². The van der Waals surface area contributed by atoms with Gasteiger partial charge in [-0.3, -0.25) is 4.79 Å². The van der Waals surface area contributed by atoms with Gasteiger partial charge < -0.3 is 0 Å². The highest BCUT2D eigenvalue weighted by Crippen LogP contribution is 2.31. The first-order valence-corrected chi connectivity index (χ1v) is 7.45. The lowest BCUT2D eigenvalue weighted by molar-refractivity contribution is 0.107. The van der Waals surface area contributed by atoms with Crippen LogP contribution < -0.4 is 0 Å². The monoisotopic (exact) mass is 194 g/mol. The third kappa shape index (κ3) is 3.61. The second-order valence-electron chi connectivity index (χ2n) is 3.98. The maximum absolute atomic E-state index is 11.6. The second-order valence-corrected chi connectivity index (χ2v) is 8.47. The smallest absolute Gasteiger partial charge is 0.185 e. The number of carbonyl (C=O) groups is 1. The first-order valence-electron chi connectivity index (χ1n) is 4.25. The molecule has 0 aliphatic carbocycles. The molecule has 0 atom stereocenters. The van der Waals surface area contributed by atoms with Gasteiger partial charge in [-0.15, -0.1) is 6.89 Å². The molecule has 0 spiro atoms. The van der Waals surface area contributed by atoms with E-state index in [1.54, 1.807) is 0 Å². The Bertz CT molecular complexity index is 337. The van der Waals surface area contributed by atoms with Gasteiger partial charge in [-0.25, -0.2) is 0 Å². The summed E-state index contributed by atoms with van der Waals surface area (Å²) in [5.74, 6) is 2.02. The van der Waals surface area contributed by atoms with E-state index < -0.39 is 6.89 Å². The molecule has 0 radical (unpaired) electrons. The van der Waals surface area contributed by atoms with Crippen LogP contribution in [-0.4, -0.2) is 31.6 Å². The van der Waals surface area contributed by atoms with Gasteiger partial charge in [0.15, 0.2) is 5.78 Å². The minimum absolute atomic E-state index is 0.154. The Hall–Kier alpha value is -0.810. The molecular formula is C11H15OP. The van der Waals surface area contributed by atoms with Crippen LogP contribution in [0, 0.1) is 0 Å². The number of benzene rings is 1. The molecule has 0 amide bonds. The van der Waals surface area contributed by atoms with E-state index in [0.717, 1.165) is 5.56 Å². The molecule has 1 rings (SSSR count). The first kappa shape index (κ1) is 10.3. The molecule has 70 valence electrons. The summed E-state index contributed by atoms with van der Waals surface area (Å²) < 4.78 is 0. The van der Waals surface area contributed by atoms with E-state index in [-0.39, 0.29) is 5.78 Å². The zero-order valence-electron chi connectivity index (χ0n) is 8.32. The molecule has 0 aliphatic rings. The van der Waals surface area contributed by atoms with Gasteiger partial charge in [-0.05, 0) is 25.8 Å². The molecule has 0 fully saturated rings. The summed E-state index contributed by atoms with van der Waals surface area (Å²) in [6, 6.07) is 9.41. The fourth-order valence-corrected chi connectivity index (χ4v) is 1.88. The van der Waals surface area contributed by atoms with Crippen molar-refractivity contribution >= 4 is 18.5 Å². The summed E-state index contributed by atoms with van der Waals surface area (Å²) in [7, 11) is 0. The second kappa shape index (κ2) is 3.93. The van der Waals surface area contributed by atoms with Crippen molar-refractivity contribution in [2.24, 2.45) is 0 Å². The number of hydrogen-bond acceptors (Lipinski definition) is 1. The molecule has 1 nitrogen and oxygen atoms in total. The minimum atomic E-state index is -1.11. The maximum Gasteiger partial charge on any atom is 0.185 e. The van der Waals surface area contributed by atoms with Crippen molar-refractivity contribution in [1.82, 2.24) is 0 Å². The Morgan fingerprint density at radius 3 is 2.15 bits per heavy atom. The van der Waals surface area contributed by atoms with E-state index in [0.29, 0.717) is 0 Å². The van der Waals surface area contributed by atoms with Crippen molar-refractivity contribution in [2.75, 3.05) is 20.0 Å². The molecule has 0 heterocycles. The molecule has 13 heavy (non-hydrogen) atoms. The van der Waals surface area contributed by atoms with Crippen molar-refractivity contribution in [2.45, 2.75) is 0 Å². The lowest BCUT2D eigenvalue weighted by Gasteiger charge is -2.05. The van der Waals surface area contributed by atoms with Gasteiger partial charge in [-0.2, -0.15) is 0 Å². The molecule has 0 bridgehead atoms. The van der Waals surface area contributed by atoms with E-state index >= 15 is 0 Å². The van der Waals surface area contributed by atoms with Gasteiger partial charge in [0, 0.05) is 5.56 Å². The summed E-state index contributed by atoms with van der Waals surface area (Å²) in [5.41, 5.74) is 0.789. The van der Waals surface area contributed by atoms with Crippen LogP contribution in [0.15, 0.2) is 30.3 Å². The van der Waals surface area contributed by atoms with E-state index in [1.165, 1.54) is 0 Å². The van der Waals surface area contributed by atoms with Gasteiger partial charge in [0.25, 0.3) is 0 Å². The Morgan fingerprint density at radius 1 is 1.15 bits per heavy atom. The van der Waals surface area contributed by atoms with E-state index in [2.05, 4.69) is 20.0 Å². The molecule has 0 unspecified atom stereocenters. The van der Waals surface area contributed by atoms with Crippen molar-refractivity contribution in [3.05, 3.63) is 35.9 Å². The lowest BCUT2D eigenvalue weighted by atomic mass is 10.2. The van der Waals surface area contributed by atoms with Crippen LogP contribution in [0.25, 0.3) is 0 Å². The molecular weight excluding hydrogens is 179 g/mol. The van der Waals surface area contributed by atoms with Gasteiger partial charge in [0.05, 0.1) is 0 Å². The fourth-order valence-electron chi connectivity index (χ4n) is 1.03. The molecule has 1 aromatic carbocycles. The summed E-state index contributed by atoms with van der Waals surface area (Å²) in [6.45, 7) is 5.29. The minimum Gasteiger partial charge on any atom is -0.289 e. The van der Waals surface area contributed by atoms with Gasteiger partial charge >= 0.3 is 0 Å².